The Kier molecular flexibility index (Phi) is 5.13. The molecule has 0 N–H and O–H groups in total. The van der Waals surface area contributed by atoms with Gasteiger partial charge in [-0.25, -0.2) is 0 Å². The van der Waals surface area contributed by atoms with E-state index in [0.717, 1.165) is 6.42 Å². The highest BCUT2D eigenvalue weighted by molar-refractivity contribution is 9.10. The zero-order chi connectivity index (χ0) is 13.1. The summed E-state index contributed by atoms with van der Waals surface area (Å²) in [6.45, 7) is 2.46. The van der Waals surface area contributed by atoms with Gasteiger partial charge in [-0.2, -0.15) is 13.2 Å². The second-order valence-electron chi connectivity index (χ2n) is 3.44. The fourth-order valence-electron chi connectivity index (χ4n) is 1.19. The SMILES string of the molecule is CCCOc1ccc(C(Cl)C(F)(F)F)cc1Br. The minimum Gasteiger partial charge on any atom is -0.492 e. The van der Waals surface area contributed by atoms with Crippen molar-refractivity contribution in [1.29, 1.82) is 0 Å². The van der Waals surface area contributed by atoms with Gasteiger partial charge in [0.2, 0.25) is 0 Å². The van der Waals surface area contributed by atoms with Gasteiger partial charge in [-0.05, 0) is 40.0 Å². The van der Waals surface area contributed by atoms with E-state index in [-0.39, 0.29) is 5.56 Å². The van der Waals surface area contributed by atoms with Crippen LogP contribution in [0.25, 0.3) is 0 Å². The fourth-order valence-corrected chi connectivity index (χ4v) is 1.84. The van der Waals surface area contributed by atoms with E-state index < -0.39 is 11.6 Å². The Hall–Kier alpha value is -0.420. The molecule has 1 nitrogen and oxygen atoms in total. The Morgan fingerprint density at radius 3 is 2.53 bits per heavy atom. The van der Waals surface area contributed by atoms with Crippen molar-refractivity contribution in [3.05, 3.63) is 28.2 Å². The third-order valence-electron chi connectivity index (χ3n) is 2.00. The van der Waals surface area contributed by atoms with Crippen molar-refractivity contribution in [2.75, 3.05) is 6.61 Å². The Balaban J connectivity index is 2.89. The van der Waals surface area contributed by atoms with E-state index in [4.69, 9.17) is 16.3 Å². The van der Waals surface area contributed by atoms with E-state index >= 15 is 0 Å². The minimum atomic E-state index is -4.45. The largest absolute Gasteiger partial charge is 0.492 e. The van der Waals surface area contributed by atoms with E-state index in [1.807, 2.05) is 6.92 Å². The second-order valence-corrected chi connectivity index (χ2v) is 4.73. The first-order valence-electron chi connectivity index (χ1n) is 4.99. The molecule has 0 spiro atoms. The van der Waals surface area contributed by atoms with Gasteiger partial charge in [0.15, 0.2) is 5.38 Å². The standard InChI is InChI=1S/C11H11BrClF3O/c1-2-5-17-9-4-3-7(6-8(9)12)10(13)11(14,15)16/h3-4,6,10H,2,5H2,1H3. The molecular weight excluding hydrogens is 320 g/mol. The lowest BCUT2D eigenvalue weighted by atomic mass is 10.1. The van der Waals surface area contributed by atoms with Gasteiger partial charge in [-0.3, -0.25) is 0 Å². The fraction of sp³-hybridized carbons (Fsp3) is 0.455. The first-order valence-corrected chi connectivity index (χ1v) is 6.22. The number of ether oxygens (including phenoxy) is 1. The quantitative estimate of drug-likeness (QED) is 0.699. The van der Waals surface area contributed by atoms with Crippen LogP contribution >= 0.6 is 27.5 Å². The summed E-state index contributed by atoms with van der Waals surface area (Å²) in [6, 6.07) is 4.13. The van der Waals surface area contributed by atoms with Gasteiger partial charge >= 0.3 is 6.18 Å². The molecule has 0 saturated heterocycles. The number of hydrogen-bond donors (Lipinski definition) is 0. The molecule has 0 amide bonds. The first-order chi connectivity index (χ1) is 7.86. The van der Waals surface area contributed by atoms with Gasteiger partial charge in [-0.15, -0.1) is 11.6 Å². The van der Waals surface area contributed by atoms with E-state index in [1.165, 1.54) is 18.2 Å². The lowest BCUT2D eigenvalue weighted by Crippen LogP contribution is -2.15. The first kappa shape index (κ1) is 14.6. The number of rotatable bonds is 4. The molecular formula is C11H11BrClF3O. The van der Waals surface area contributed by atoms with Crippen LogP contribution in [0.15, 0.2) is 22.7 Å². The zero-order valence-electron chi connectivity index (χ0n) is 9.02. The van der Waals surface area contributed by atoms with E-state index in [1.54, 1.807) is 0 Å². The van der Waals surface area contributed by atoms with Crippen LogP contribution < -0.4 is 4.74 Å². The summed E-state index contributed by atoms with van der Waals surface area (Å²) in [6.07, 6.45) is -3.62. The third-order valence-corrected chi connectivity index (χ3v) is 3.12. The highest BCUT2D eigenvalue weighted by atomic mass is 79.9. The summed E-state index contributed by atoms with van der Waals surface area (Å²) in [5.41, 5.74) is -0.00473. The molecule has 0 fully saturated rings. The van der Waals surface area contributed by atoms with Crippen LogP contribution in [0.4, 0.5) is 13.2 Å². The van der Waals surface area contributed by atoms with Crippen molar-refractivity contribution in [3.8, 4) is 5.75 Å². The highest BCUT2D eigenvalue weighted by Crippen LogP contribution is 2.40. The van der Waals surface area contributed by atoms with Crippen molar-refractivity contribution in [3.63, 3.8) is 0 Å². The molecule has 6 heteroatoms. The van der Waals surface area contributed by atoms with E-state index in [9.17, 15) is 13.2 Å². The number of hydrogen-bond acceptors (Lipinski definition) is 1. The molecule has 0 heterocycles. The van der Waals surface area contributed by atoms with Gasteiger partial charge < -0.3 is 4.74 Å². The summed E-state index contributed by atoms with van der Waals surface area (Å²) in [5, 5.41) is -2.00. The van der Waals surface area contributed by atoms with Crippen molar-refractivity contribution in [2.45, 2.75) is 24.9 Å². The van der Waals surface area contributed by atoms with Gasteiger partial charge in [-0.1, -0.05) is 13.0 Å². The molecule has 1 aromatic carbocycles. The van der Waals surface area contributed by atoms with Crippen LogP contribution in [0.1, 0.15) is 24.3 Å². The number of halogens is 5. The predicted molar refractivity (Wildman–Crippen MR) is 64.6 cm³/mol. The van der Waals surface area contributed by atoms with E-state index in [2.05, 4.69) is 15.9 Å². The summed E-state index contributed by atoms with van der Waals surface area (Å²) < 4.78 is 43.0. The molecule has 96 valence electrons. The van der Waals surface area contributed by atoms with Crippen LogP contribution in [0, 0.1) is 0 Å². The average Bonchev–Trinajstić information content (AvgIpc) is 2.25. The van der Waals surface area contributed by atoms with Crippen molar-refractivity contribution < 1.29 is 17.9 Å². The Morgan fingerprint density at radius 2 is 2.06 bits per heavy atom. The molecule has 1 unspecified atom stereocenters. The number of alkyl halides is 4. The molecule has 1 atom stereocenters. The molecule has 1 aromatic rings. The Morgan fingerprint density at radius 1 is 1.41 bits per heavy atom. The van der Waals surface area contributed by atoms with Crippen LogP contribution in [0.5, 0.6) is 5.75 Å². The summed E-state index contributed by atoms with van der Waals surface area (Å²) in [7, 11) is 0. The van der Waals surface area contributed by atoms with Gasteiger partial charge in [0.05, 0.1) is 11.1 Å². The van der Waals surface area contributed by atoms with Crippen molar-refractivity contribution in [2.24, 2.45) is 0 Å². The molecule has 0 aliphatic rings. The zero-order valence-corrected chi connectivity index (χ0v) is 11.4. The average molecular weight is 332 g/mol. The van der Waals surface area contributed by atoms with Crippen molar-refractivity contribution in [1.82, 2.24) is 0 Å². The molecule has 17 heavy (non-hydrogen) atoms. The van der Waals surface area contributed by atoms with Crippen molar-refractivity contribution >= 4 is 27.5 Å². The van der Waals surface area contributed by atoms with Crippen LogP contribution in [-0.2, 0) is 0 Å². The maximum atomic E-state index is 12.4. The molecule has 1 rings (SSSR count). The lowest BCUT2D eigenvalue weighted by molar-refractivity contribution is -0.131. The molecule has 0 bridgehead atoms. The smallest absolute Gasteiger partial charge is 0.408 e. The predicted octanol–water partition coefficient (Wildman–Crippen LogP) is 5.08. The minimum absolute atomic E-state index is 0.00473. The molecule has 0 aliphatic carbocycles. The Bertz CT molecular complexity index is 381. The lowest BCUT2D eigenvalue weighted by Gasteiger charge is -2.15. The van der Waals surface area contributed by atoms with Crippen LogP contribution in [-0.4, -0.2) is 12.8 Å². The second kappa shape index (κ2) is 5.96. The maximum Gasteiger partial charge on any atom is 0.408 e. The molecule has 0 aliphatic heterocycles. The normalized spacial score (nSPS) is 13.5. The van der Waals surface area contributed by atoms with Crippen LogP contribution in [0.3, 0.4) is 0 Å². The van der Waals surface area contributed by atoms with E-state index in [0.29, 0.717) is 16.8 Å². The summed E-state index contributed by atoms with van der Waals surface area (Å²) >= 11 is 8.49. The van der Waals surface area contributed by atoms with Gasteiger partial charge in [0.1, 0.15) is 5.75 Å². The number of benzene rings is 1. The molecule has 0 radical (unpaired) electrons. The highest BCUT2D eigenvalue weighted by Gasteiger charge is 2.39. The third kappa shape index (κ3) is 4.07. The maximum absolute atomic E-state index is 12.4. The molecule has 0 saturated carbocycles. The Labute approximate surface area is 111 Å². The van der Waals surface area contributed by atoms with Gasteiger partial charge in [0, 0.05) is 0 Å². The molecule has 0 aromatic heterocycles. The monoisotopic (exact) mass is 330 g/mol. The summed E-state index contributed by atoms with van der Waals surface area (Å²) in [4.78, 5) is 0. The van der Waals surface area contributed by atoms with Crippen LogP contribution in [0.2, 0.25) is 0 Å². The van der Waals surface area contributed by atoms with Gasteiger partial charge in [0.25, 0.3) is 0 Å². The summed E-state index contributed by atoms with van der Waals surface area (Å²) in [5.74, 6) is 0.515. The topological polar surface area (TPSA) is 9.23 Å².